The molecule has 0 atom stereocenters. The summed E-state index contributed by atoms with van der Waals surface area (Å²) in [5.74, 6) is -0.0203. The van der Waals surface area contributed by atoms with Crippen LogP contribution in [0.2, 0.25) is 0 Å². The Kier molecular flexibility index (Phi) is 1.99. The third kappa shape index (κ3) is 1.31. The average molecular weight is 139 g/mol. The minimum atomic E-state index is -0.0203. The Morgan fingerprint density at radius 2 is 2.50 bits per heavy atom. The van der Waals surface area contributed by atoms with Crippen LogP contribution < -0.4 is 0 Å². The first kappa shape index (κ1) is 6.74. The van der Waals surface area contributed by atoms with Gasteiger partial charge in [-0.25, -0.2) is 0 Å². The van der Waals surface area contributed by atoms with Gasteiger partial charge in [-0.15, -0.1) is 0 Å². The largest absolute Gasteiger partial charge is 0.294 e. The minimum Gasteiger partial charge on any atom is -0.294 e. The number of halogens is 1. The third-order valence-electron chi connectivity index (χ3n) is 1.08. The van der Waals surface area contributed by atoms with Gasteiger partial charge in [0, 0.05) is 22.5 Å². The Morgan fingerprint density at radius 3 is 3.00 bits per heavy atom. The van der Waals surface area contributed by atoms with Crippen molar-refractivity contribution in [2.24, 2.45) is 0 Å². The van der Waals surface area contributed by atoms with Crippen molar-refractivity contribution in [3.05, 3.63) is 36.7 Å². The average Bonchev–Trinajstić information content (AvgIpc) is 2.05. The lowest BCUT2D eigenvalue weighted by atomic mass is 10.2. The molecular weight excluding hydrogens is 133 g/mol. The van der Waals surface area contributed by atoms with Crippen LogP contribution in [0.15, 0.2) is 31.1 Å². The zero-order valence-electron chi connectivity index (χ0n) is 5.25. The van der Waals surface area contributed by atoms with Crippen molar-refractivity contribution in [2.45, 2.75) is 0 Å². The van der Waals surface area contributed by atoms with E-state index in [1.807, 2.05) is 0 Å². The molecule has 3 heteroatoms. The first-order chi connectivity index (χ1) is 4.84. The molecule has 10 heavy (non-hydrogen) atoms. The van der Waals surface area contributed by atoms with Crippen molar-refractivity contribution < 1.29 is 9.47 Å². The molecule has 1 aromatic rings. The van der Waals surface area contributed by atoms with Crippen LogP contribution in [-0.2, 0) is 4.94 Å². The minimum absolute atomic E-state index is 0.0203. The van der Waals surface area contributed by atoms with Crippen LogP contribution in [0.3, 0.4) is 0 Å². The van der Waals surface area contributed by atoms with E-state index in [4.69, 9.17) is 0 Å². The summed E-state index contributed by atoms with van der Waals surface area (Å²) >= 11 is 0. The fourth-order valence-corrected chi connectivity index (χ4v) is 0.572. The molecule has 0 aromatic carbocycles. The van der Waals surface area contributed by atoms with E-state index in [2.05, 4.69) is 16.5 Å². The molecule has 1 aromatic heterocycles. The summed E-state index contributed by atoms with van der Waals surface area (Å²) in [6.45, 7) is 3.31. The Bertz CT molecular complexity index is 222. The number of rotatable bonds is 2. The molecule has 0 aliphatic heterocycles. The summed E-state index contributed by atoms with van der Waals surface area (Å²) in [6, 6.07) is 3.34. The van der Waals surface area contributed by atoms with Gasteiger partial charge in [0.05, 0.1) is 0 Å². The van der Waals surface area contributed by atoms with E-state index in [0.717, 1.165) is 0 Å². The van der Waals surface area contributed by atoms with Crippen LogP contribution in [0, 0.1) is 0 Å². The fourth-order valence-electron chi connectivity index (χ4n) is 0.572. The van der Waals surface area contributed by atoms with Gasteiger partial charge >= 0.3 is 0 Å². The van der Waals surface area contributed by atoms with E-state index < -0.39 is 0 Å². The van der Waals surface area contributed by atoms with Crippen LogP contribution >= 0.6 is 0 Å². The number of hydrogen-bond donors (Lipinski definition) is 0. The Balaban J connectivity index is 2.85. The highest BCUT2D eigenvalue weighted by Crippen LogP contribution is 2.10. The second kappa shape index (κ2) is 2.96. The lowest BCUT2D eigenvalue weighted by Gasteiger charge is -1.95. The highest BCUT2D eigenvalue weighted by atomic mass is 19.3. The lowest BCUT2D eigenvalue weighted by Crippen LogP contribution is -1.82. The van der Waals surface area contributed by atoms with Crippen LogP contribution in [0.1, 0.15) is 5.56 Å². The molecule has 0 saturated carbocycles. The van der Waals surface area contributed by atoms with Gasteiger partial charge in [0.2, 0.25) is 0 Å². The van der Waals surface area contributed by atoms with Gasteiger partial charge in [-0.05, 0) is 12.1 Å². The molecule has 0 fully saturated rings. The van der Waals surface area contributed by atoms with E-state index >= 15 is 0 Å². The maximum atomic E-state index is 11.4. The quantitative estimate of drug-likeness (QED) is 0.584. The maximum Gasteiger partial charge on any atom is 0.173 e. The summed E-state index contributed by atoms with van der Waals surface area (Å²) < 4.78 is 11.4. The first-order valence-corrected chi connectivity index (χ1v) is 2.72. The van der Waals surface area contributed by atoms with Crippen LogP contribution in [-0.4, -0.2) is 4.98 Å². The summed E-state index contributed by atoms with van der Waals surface area (Å²) in [5.41, 5.74) is 0.546. The zero-order valence-corrected chi connectivity index (χ0v) is 5.25. The van der Waals surface area contributed by atoms with Crippen molar-refractivity contribution in [3.63, 3.8) is 0 Å². The molecule has 0 saturated heterocycles. The lowest BCUT2D eigenvalue weighted by molar-refractivity contribution is -0.0417. The van der Waals surface area contributed by atoms with Crippen LogP contribution in [0.5, 0.6) is 0 Å². The second-order valence-corrected chi connectivity index (χ2v) is 1.74. The molecule has 0 bridgehead atoms. The zero-order chi connectivity index (χ0) is 7.40. The summed E-state index contributed by atoms with van der Waals surface area (Å²) in [5, 5.41) is 0. The van der Waals surface area contributed by atoms with Crippen molar-refractivity contribution in [1.82, 2.24) is 4.98 Å². The van der Waals surface area contributed by atoms with Crippen molar-refractivity contribution >= 4 is 5.76 Å². The van der Waals surface area contributed by atoms with E-state index in [1.165, 1.54) is 6.20 Å². The van der Waals surface area contributed by atoms with E-state index in [-0.39, 0.29) is 5.76 Å². The molecule has 2 nitrogen and oxygen atoms in total. The van der Waals surface area contributed by atoms with Crippen molar-refractivity contribution in [1.29, 1.82) is 0 Å². The summed E-state index contributed by atoms with van der Waals surface area (Å²) in [4.78, 5) is 7.15. The van der Waals surface area contributed by atoms with E-state index in [9.17, 15) is 4.53 Å². The molecule has 0 N–H and O–H groups in total. The Morgan fingerprint density at radius 1 is 1.70 bits per heavy atom. The van der Waals surface area contributed by atoms with Gasteiger partial charge in [0.25, 0.3) is 0 Å². The number of nitrogens with zero attached hydrogens (tertiary/aromatic N) is 1. The molecule has 0 aliphatic carbocycles. The molecule has 0 amide bonds. The van der Waals surface area contributed by atoms with E-state index in [1.54, 1.807) is 18.3 Å². The maximum absolute atomic E-state index is 11.4. The number of pyridine rings is 1. The van der Waals surface area contributed by atoms with E-state index in [0.29, 0.717) is 5.56 Å². The van der Waals surface area contributed by atoms with Gasteiger partial charge in [0.1, 0.15) is 0 Å². The topological polar surface area (TPSA) is 22.1 Å². The van der Waals surface area contributed by atoms with Crippen molar-refractivity contribution in [3.8, 4) is 0 Å². The summed E-state index contributed by atoms with van der Waals surface area (Å²) in [7, 11) is 0. The second-order valence-electron chi connectivity index (χ2n) is 1.74. The standard InChI is InChI=1S/C7H6FNO/c1-6(10-8)7-3-2-4-9-5-7/h2-5H,1H2. The fraction of sp³-hybridized carbons (Fsp3) is 0. The molecule has 0 unspecified atom stereocenters. The van der Waals surface area contributed by atoms with Gasteiger partial charge in [0.15, 0.2) is 5.76 Å². The molecule has 1 heterocycles. The highest BCUT2D eigenvalue weighted by Gasteiger charge is 1.97. The predicted molar refractivity (Wildman–Crippen MR) is 35.5 cm³/mol. The Hall–Kier alpha value is -1.38. The first-order valence-electron chi connectivity index (χ1n) is 2.72. The van der Waals surface area contributed by atoms with Crippen LogP contribution in [0.25, 0.3) is 5.76 Å². The van der Waals surface area contributed by atoms with Crippen molar-refractivity contribution in [2.75, 3.05) is 0 Å². The Labute approximate surface area is 57.9 Å². The number of aromatic nitrogens is 1. The van der Waals surface area contributed by atoms with Gasteiger partial charge in [-0.2, -0.15) is 0 Å². The number of hydrogen-bond acceptors (Lipinski definition) is 2. The monoisotopic (exact) mass is 139 g/mol. The van der Waals surface area contributed by atoms with Gasteiger partial charge in [-0.1, -0.05) is 6.58 Å². The molecule has 52 valence electrons. The molecular formula is C7H6FNO. The normalized spacial score (nSPS) is 8.90. The molecule has 1 rings (SSSR count). The third-order valence-corrected chi connectivity index (χ3v) is 1.08. The molecule has 0 aliphatic rings. The molecule has 0 spiro atoms. The SMILES string of the molecule is C=C(OF)c1cccnc1. The smallest absolute Gasteiger partial charge is 0.173 e. The van der Waals surface area contributed by atoms with Gasteiger partial charge in [-0.3, -0.25) is 9.93 Å². The summed E-state index contributed by atoms with van der Waals surface area (Å²) in [6.07, 6.45) is 3.07. The predicted octanol–water partition coefficient (Wildman–Crippen LogP) is 1.95. The molecule has 0 radical (unpaired) electrons. The van der Waals surface area contributed by atoms with Gasteiger partial charge < -0.3 is 0 Å². The van der Waals surface area contributed by atoms with Crippen LogP contribution in [0.4, 0.5) is 4.53 Å². The highest BCUT2D eigenvalue weighted by molar-refractivity contribution is 5.55.